The highest BCUT2D eigenvalue weighted by atomic mass is 16.4. The zero-order valence-corrected chi connectivity index (χ0v) is 35.9. The number of aliphatic imine (C=N–C) groups is 1. The smallest absolute Gasteiger partial charge is 0.328 e. The van der Waals surface area contributed by atoms with E-state index < -0.39 is 140 Å². The molecule has 0 aliphatic rings. The highest BCUT2D eigenvalue weighted by Gasteiger charge is 2.37. The van der Waals surface area contributed by atoms with E-state index in [2.05, 4.69) is 20.9 Å². The molecule has 0 saturated heterocycles. The van der Waals surface area contributed by atoms with Gasteiger partial charge in [0.15, 0.2) is 23.3 Å². The van der Waals surface area contributed by atoms with Crippen molar-refractivity contribution in [1.29, 1.82) is 0 Å². The zero-order chi connectivity index (χ0) is 46.4. The Morgan fingerprint density at radius 3 is 1.65 bits per heavy atom. The third-order valence-corrected chi connectivity index (χ3v) is 10.6. The van der Waals surface area contributed by atoms with Gasteiger partial charge in [-0.25, -0.2) is 4.79 Å². The number of aliphatic carboxylic acids is 1. The molecule has 21 heteroatoms. The molecule has 0 spiro atoms. The van der Waals surface area contributed by atoms with Crippen LogP contribution in [0, 0.1) is 35.5 Å². The maximum absolute atomic E-state index is 14.0. The Morgan fingerprint density at radius 1 is 0.683 bits per heavy atom. The molecule has 0 aromatic rings. The molecule has 4 amide bonds. The number of amides is 4. The molecule has 0 rings (SSSR count). The van der Waals surface area contributed by atoms with Crippen molar-refractivity contribution in [2.75, 3.05) is 26.3 Å². The van der Waals surface area contributed by atoms with Crippen LogP contribution in [0.4, 0.5) is 0 Å². The summed E-state index contributed by atoms with van der Waals surface area (Å²) in [6, 6.07) is -5.24. The predicted molar refractivity (Wildman–Crippen MR) is 219 cm³/mol. The number of aliphatic hydroxyl groups excluding tert-OH is 4. The first-order chi connectivity index (χ1) is 28.0. The molecule has 21 nitrogen and oxygen atoms in total. The Bertz CT molecular complexity index is 1470. The van der Waals surface area contributed by atoms with E-state index in [1.807, 2.05) is 12.2 Å². The Hall–Kier alpha value is -4.57. The van der Waals surface area contributed by atoms with E-state index in [1.165, 1.54) is 6.92 Å². The van der Waals surface area contributed by atoms with Crippen molar-refractivity contribution in [3.63, 3.8) is 0 Å². The molecular formula is C39H70N8O13. The fraction of sp³-hybridized carbons (Fsp3) is 0.769. The normalized spacial score (nSPS) is 16.9. The number of nitrogens with one attached hydrogen (secondary N) is 4. The van der Waals surface area contributed by atoms with Crippen molar-refractivity contribution in [1.82, 2.24) is 21.3 Å². The van der Waals surface area contributed by atoms with Gasteiger partial charge >= 0.3 is 5.97 Å². The minimum Gasteiger partial charge on any atom is -0.480 e. The van der Waals surface area contributed by atoms with Crippen LogP contribution in [0.5, 0.6) is 0 Å². The third-order valence-electron chi connectivity index (χ3n) is 10.6. The van der Waals surface area contributed by atoms with Gasteiger partial charge in [-0.05, 0) is 37.5 Å². The lowest BCUT2D eigenvalue weighted by Gasteiger charge is -2.30. The SMILES string of the molecule is CC[C@H](C)[C@H](NC(=O)C(N)[C@H](O)C(C)C)C(=O)C[C@H](CCCN=C(N)N)C(=O)N[C@H](C(=O)C[C@H](C(=O)NCC(=O)C[C@@H](CO)C(=O)N[C@@H](CO)C(=O)O)[C@H](C)O)[C@@H](C)CC. The molecule has 0 heterocycles. The Morgan fingerprint density at radius 2 is 1.20 bits per heavy atom. The van der Waals surface area contributed by atoms with E-state index >= 15 is 0 Å². The lowest BCUT2D eigenvalue weighted by atomic mass is 9.85. The molecule has 1 unspecified atom stereocenters. The predicted octanol–water partition coefficient (Wildman–Crippen LogP) is -2.78. The van der Waals surface area contributed by atoms with Crippen LogP contribution in [0.1, 0.15) is 93.4 Å². The summed E-state index contributed by atoms with van der Waals surface area (Å²) in [6.45, 7) is 9.30. The van der Waals surface area contributed by atoms with Crippen molar-refractivity contribution in [2.24, 2.45) is 57.7 Å². The van der Waals surface area contributed by atoms with Crippen LogP contribution in [0.15, 0.2) is 4.99 Å². The number of carboxylic acid groups (broad SMARTS) is 1. The van der Waals surface area contributed by atoms with Crippen LogP contribution >= 0.6 is 0 Å². The van der Waals surface area contributed by atoms with Crippen molar-refractivity contribution in [2.45, 2.75) is 130 Å². The fourth-order valence-corrected chi connectivity index (χ4v) is 6.09. The first-order valence-corrected chi connectivity index (χ1v) is 20.3. The van der Waals surface area contributed by atoms with Crippen molar-refractivity contribution in [3.8, 4) is 0 Å². The second-order valence-electron chi connectivity index (χ2n) is 15.8. The van der Waals surface area contributed by atoms with Crippen LogP contribution in [0.25, 0.3) is 0 Å². The van der Waals surface area contributed by atoms with Gasteiger partial charge in [-0.1, -0.05) is 54.4 Å². The number of carbonyl (C=O) groups excluding carboxylic acids is 7. The van der Waals surface area contributed by atoms with E-state index in [4.69, 9.17) is 27.4 Å². The number of nitrogens with zero attached hydrogens (tertiary/aromatic N) is 1. The number of Topliss-reactive ketones (excluding diaryl/α,β-unsaturated/α-hetero) is 3. The summed E-state index contributed by atoms with van der Waals surface area (Å²) < 4.78 is 0. The van der Waals surface area contributed by atoms with Gasteiger partial charge in [0, 0.05) is 31.7 Å². The molecular weight excluding hydrogens is 788 g/mol. The zero-order valence-electron chi connectivity index (χ0n) is 35.9. The number of rotatable bonds is 31. The summed E-state index contributed by atoms with van der Waals surface area (Å²) in [5.74, 6) is -12.0. The number of ketones is 3. The first kappa shape index (κ1) is 55.4. The molecule has 0 radical (unpaired) electrons. The second-order valence-corrected chi connectivity index (χ2v) is 15.8. The Balaban J connectivity index is 6.20. The van der Waals surface area contributed by atoms with E-state index in [9.17, 15) is 53.7 Å². The maximum Gasteiger partial charge on any atom is 0.328 e. The molecule has 0 saturated carbocycles. The third kappa shape index (κ3) is 19.2. The monoisotopic (exact) mass is 859 g/mol. The summed E-state index contributed by atoms with van der Waals surface area (Å²) in [4.78, 5) is 108. The van der Waals surface area contributed by atoms with Crippen molar-refractivity contribution < 1.29 is 63.9 Å². The number of guanidine groups is 1. The topological polar surface area (TPSA) is 376 Å². The lowest BCUT2D eigenvalue weighted by molar-refractivity contribution is -0.144. The molecule has 0 fully saturated rings. The van der Waals surface area contributed by atoms with Crippen LogP contribution in [-0.2, 0) is 38.4 Å². The van der Waals surface area contributed by atoms with Gasteiger partial charge in [0.05, 0.1) is 55.9 Å². The summed E-state index contributed by atoms with van der Waals surface area (Å²) in [6.07, 6.45) is -2.94. The molecule has 0 aliphatic carbocycles. The number of aliphatic hydroxyl groups is 4. The minimum absolute atomic E-state index is 0.0929. The number of carbonyl (C=O) groups is 8. The summed E-state index contributed by atoms with van der Waals surface area (Å²) >= 11 is 0. The highest BCUT2D eigenvalue weighted by Crippen LogP contribution is 2.22. The average Bonchev–Trinajstić information content (AvgIpc) is 3.19. The van der Waals surface area contributed by atoms with Gasteiger partial charge in [-0.2, -0.15) is 0 Å². The average molecular weight is 859 g/mol. The molecule has 11 atom stereocenters. The number of nitrogens with two attached hydrogens (primary N) is 3. The van der Waals surface area contributed by atoms with Gasteiger partial charge in [0.25, 0.3) is 0 Å². The lowest BCUT2D eigenvalue weighted by Crippen LogP contribution is -2.56. The number of hydrogen-bond donors (Lipinski definition) is 12. The summed E-state index contributed by atoms with van der Waals surface area (Å²) in [5.41, 5.74) is 16.9. The van der Waals surface area contributed by atoms with E-state index in [-0.39, 0.29) is 43.6 Å². The minimum atomic E-state index is -1.67. The van der Waals surface area contributed by atoms with Crippen molar-refractivity contribution >= 4 is 52.9 Å². The molecule has 0 aromatic heterocycles. The van der Waals surface area contributed by atoms with Crippen LogP contribution in [-0.4, -0.2) is 141 Å². The second kappa shape index (κ2) is 28.0. The van der Waals surface area contributed by atoms with E-state index in [1.54, 1.807) is 34.6 Å². The van der Waals surface area contributed by atoms with Crippen LogP contribution < -0.4 is 38.5 Å². The maximum atomic E-state index is 14.0. The largest absolute Gasteiger partial charge is 0.480 e. The van der Waals surface area contributed by atoms with Crippen molar-refractivity contribution in [3.05, 3.63) is 0 Å². The standard InChI is InChI=1S/C39H70N8O13/c1-8-20(5)31(47-37(58)30(40)33(54)19(3)4)28(52)14-23(11-10-12-43-39(41)42)34(55)46-32(21(6)9-2)29(53)15-26(22(7)50)36(57)44-16-25(51)13-24(17-48)35(56)45-27(18-49)38(59)60/h19-24,26-27,30-33,48-50,54H,8-18,40H2,1-7H3,(H,44,57)(H,45,56)(H,46,55)(H,47,58)(H,59,60)(H4,41,42,43)/t20-,21-,22-,23-,24-,26-,27-,30?,31-,32-,33+/m0/s1. The molecule has 0 bridgehead atoms. The molecule has 0 aliphatic heterocycles. The van der Waals surface area contributed by atoms with Gasteiger partial charge in [0.1, 0.15) is 12.1 Å². The van der Waals surface area contributed by atoms with Crippen LogP contribution in [0.2, 0.25) is 0 Å². The number of hydrogen-bond acceptors (Lipinski definition) is 14. The summed E-state index contributed by atoms with van der Waals surface area (Å²) in [7, 11) is 0. The van der Waals surface area contributed by atoms with E-state index in [0.29, 0.717) is 12.8 Å². The Kier molecular flexibility index (Phi) is 25.9. The quantitative estimate of drug-likeness (QED) is 0.0191. The fourth-order valence-electron chi connectivity index (χ4n) is 6.09. The van der Waals surface area contributed by atoms with Gasteiger partial charge in [-0.15, -0.1) is 0 Å². The molecule has 15 N–H and O–H groups in total. The Labute approximate surface area is 351 Å². The van der Waals surface area contributed by atoms with Gasteiger partial charge in [0.2, 0.25) is 23.6 Å². The summed E-state index contributed by atoms with van der Waals surface area (Å²) in [5, 5.41) is 58.4. The molecule has 60 heavy (non-hydrogen) atoms. The van der Waals surface area contributed by atoms with Crippen LogP contribution in [0.3, 0.4) is 0 Å². The molecule has 0 aromatic carbocycles. The number of carboxylic acids is 1. The van der Waals surface area contributed by atoms with E-state index in [0.717, 1.165) is 0 Å². The first-order valence-electron chi connectivity index (χ1n) is 20.3. The molecule has 344 valence electrons. The van der Waals surface area contributed by atoms with Gasteiger partial charge < -0.3 is 64.0 Å². The van der Waals surface area contributed by atoms with Gasteiger partial charge in [-0.3, -0.25) is 38.6 Å². The highest BCUT2D eigenvalue weighted by molar-refractivity contribution is 5.97.